The summed E-state index contributed by atoms with van der Waals surface area (Å²) in [5.41, 5.74) is 7.36. The van der Waals surface area contributed by atoms with E-state index in [4.69, 9.17) is 5.73 Å². The van der Waals surface area contributed by atoms with E-state index in [1.165, 1.54) is 0 Å². The summed E-state index contributed by atoms with van der Waals surface area (Å²) < 4.78 is 2.74. The molecule has 0 fully saturated rings. The molecule has 0 radical (unpaired) electrons. The molecule has 2 rings (SSSR count). The van der Waals surface area contributed by atoms with Gasteiger partial charge < -0.3 is 5.73 Å². The number of rotatable bonds is 0. The smallest absolute Gasteiger partial charge is 0.111 e. The van der Waals surface area contributed by atoms with E-state index in [0.717, 1.165) is 21.2 Å². The fraction of sp³-hybridized carbons (Fsp3) is 0.125. The van der Waals surface area contributed by atoms with Crippen LogP contribution in [-0.2, 0) is 7.05 Å². The fourth-order valence-corrected chi connectivity index (χ4v) is 1.58. The average Bonchev–Trinajstić information content (AvgIpc) is 2.31. The molecule has 0 spiro atoms. The van der Waals surface area contributed by atoms with Gasteiger partial charge in [-0.25, -0.2) is 0 Å². The molecule has 2 N–H and O–H groups in total. The summed E-state index contributed by atoms with van der Waals surface area (Å²) in [7, 11) is 1.89. The van der Waals surface area contributed by atoms with E-state index in [0.29, 0.717) is 0 Å². The van der Waals surface area contributed by atoms with Crippen LogP contribution in [0.3, 0.4) is 0 Å². The van der Waals surface area contributed by atoms with Crippen molar-refractivity contribution in [2.75, 3.05) is 5.73 Å². The Morgan fingerprint density at radius 1 is 1.50 bits per heavy atom. The molecule has 0 bridgehead atoms. The van der Waals surface area contributed by atoms with E-state index >= 15 is 0 Å². The molecule has 62 valence electrons. The first-order valence-corrected chi connectivity index (χ1v) is 4.35. The van der Waals surface area contributed by atoms with Crippen molar-refractivity contribution >= 4 is 32.5 Å². The van der Waals surface area contributed by atoms with Gasteiger partial charge in [-0.05, 0) is 34.1 Å². The number of nitrogen functional groups attached to an aromatic ring is 1. The third kappa shape index (κ3) is 0.992. The zero-order chi connectivity index (χ0) is 8.72. The Bertz CT molecular complexity index is 433. The third-order valence-electron chi connectivity index (χ3n) is 1.78. The molecule has 0 aliphatic heterocycles. The number of benzene rings is 1. The highest BCUT2D eigenvalue weighted by atomic mass is 79.9. The summed E-state index contributed by atoms with van der Waals surface area (Å²) in [5, 5.41) is 5.32. The number of aryl methyl sites for hydroxylation is 1. The number of fused-ring (bicyclic) bond motifs is 1. The van der Waals surface area contributed by atoms with Crippen LogP contribution in [0.4, 0.5) is 5.69 Å². The molecule has 0 aliphatic rings. The van der Waals surface area contributed by atoms with Crippen LogP contribution < -0.4 is 5.73 Å². The van der Waals surface area contributed by atoms with Crippen LogP contribution in [0, 0.1) is 0 Å². The second-order valence-corrected chi connectivity index (χ2v) is 3.44. The van der Waals surface area contributed by atoms with Crippen molar-refractivity contribution in [3.63, 3.8) is 0 Å². The van der Waals surface area contributed by atoms with Crippen molar-refractivity contribution in [1.82, 2.24) is 9.78 Å². The SMILES string of the molecule is Cn1nc2ccc(N)cc2c1Br. The standard InChI is InChI=1S/C8H8BrN3/c1-12-8(9)6-4-5(10)2-3-7(6)11-12/h2-4H,10H2,1H3. The van der Waals surface area contributed by atoms with Crippen LogP contribution in [0.25, 0.3) is 10.9 Å². The molecular weight excluding hydrogens is 218 g/mol. The normalized spacial score (nSPS) is 10.8. The number of hydrogen-bond donors (Lipinski definition) is 1. The minimum absolute atomic E-state index is 0.760. The molecule has 0 aliphatic carbocycles. The van der Waals surface area contributed by atoms with Crippen LogP contribution in [0.2, 0.25) is 0 Å². The lowest BCUT2D eigenvalue weighted by Crippen LogP contribution is -1.88. The number of nitrogens with zero attached hydrogens (tertiary/aromatic N) is 2. The molecular formula is C8H8BrN3. The zero-order valence-corrected chi connectivity index (χ0v) is 8.17. The summed E-state index contributed by atoms with van der Waals surface area (Å²) >= 11 is 3.43. The molecule has 0 atom stereocenters. The Morgan fingerprint density at radius 3 is 3.00 bits per heavy atom. The lowest BCUT2D eigenvalue weighted by Gasteiger charge is -1.91. The van der Waals surface area contributed by atoms with Gasteiger partial charge in [0.05, 0.1) is 5.52 Å². The molecule has 0 amide bonds. The number of halogens is 1. The van der Waals surface area contributed by atoms with Gasteiger partial charge in [-0.1, -0.05) is 0 Å². The van der Waals surface area contributed by atoms with Gasteiger partial charge >= 0.3 is 0 Å². The van der Waals surface area contributed by atoms with Crippen LogP contribution in [0.5, 0.6) is 0 Å². The fourth-order valence-electron chi connectivity index (χ4n) is 1.19. The number of aromatic nitrogens is 2. The molecule has 2 aromatic rings. The molecule has 1 aromatic carbocycles. The van der Waals surface area contributed by atoms with Gasteiger partial charge in [0.25, 0.3) is 0 Å². The Morgan fingerprint density at radius 2 is 2.25 bits per heavy atom. The first kappa shape index (κ1) is 7.61. The maximum atomic E-state index is 5.64. The van der Waals surface area contributed by atoms with Crippen LogP contribution in [0.1, 0.15) is 0 Å². The van der Waals surface area contributed by atoms with Gasteiger partial charge in [0.15, 0.2) is 0 Å². The minimum atomic E-state index is 0.760. The first-order chi connectivity index (χ1) is 5.68. The Balaban J connectivity index is 2.88. The molecule has 0 saturated carbocycles. The Kier molecular flexibility index (Phi) is 1.58. The van der Waals surface area contributed by atoms with E-state index in [2.05, 4.69) is 21.0 Å². The highest BCUT2D eigenvalue weighted by Gasteiger charge is 2.04. The molecule has 1 heterocycles. The van der Waals surface area contributed by atoms with Gasteiger partial charge in [0.1, 0.15) is 4.60 Å². The van der Waals surface area contributed by atoms with E-state index in [-0.39, 0.29) is 0 Å². The summed E-state index contributed by atoms with van der Waals surface area (Å²) in [5.74, 6) is 0. The monoisotopic (exact) mass is 225 g/mol. The number of anilines is 1. The second kappa shape index (κ2) is 2.48. The Hall–Kier alpha value is -1.03. The highest BCUT2D eigenvalue weighted by molar-refractivity contribution is 9.10. The quantitative estimate of drug-likeness (QED) is 0.697. The molecule has 1 aromatic heterocycles. The maximum absolute atomic E-state index is 5.64. The van der Waals surface area contributed by atoms with E-state index in [9.17, 15) is 0 Å². The van der Waals surface area contributed by atoms with Crippen molar-refractivity contribution in [3.05, 3.63) is 22.8 Å². The van der Waals surface area contributed by atoms with Crippen molar-refractivity contribution in [3.8, 4) is 0 Å². The van der Waals surface area contributed by atoms with Crippen molar-refractivity contribution < 1.29 is 0 Å². The highest BCUT2D eigenvalue weighted by Crippen LogP contribution is 2.24. The second-order valence-electron chi connectivity index (χ2n) is 2.69. The molecule has 3 nitrogen and oxygen atoms in total. The summed E-state index contributed by atoms with van der Waals surface area (Å²) in [6.45, 7) is 0. The van der Waals surface area contributed by atoms with E-state index in [1.54, 1.807) is 4.68 Å². The van der Waals surface area contributed by atoms with Crippen LogP contribution in [-0.4, -0.2) is 9.78 Å². The largest absolute Gasteiger partial charge is 0.399 e. The predicted octanol–water partition coefficient (Wildman–Crippen LogP) is 1.92. The lowest BCUT2D eigenvalue weighted by atomic mass is 10.2. The van der Waals surface area contributed by atoms with Gasteiger partial charge in [0, 0.05) is 18.1 Å². The summed E-state index contributed by atoms with van der Waals surface area (Å²) in [4.78, 5) is 0. The topological polar surface area (TPSA) is 43.8 Å². The maximum Gasteiger partial charge on any atom is 0.111 e. The van der Waals surface area contributed by atoms with Gasteiger partial charge in [-0.3, -0.25) is 4.68 Å². The van der Waals surface area contributed by atoms with Crippen molar-refractivity contribution in [2.24, 2.45) is 7.05 Å². The van der Waals surface area contributed by atoms with Crippen LogP contribution in [0.15, 0.2) is 22.8 Å². The van der Waals surface area contributed by atoms with Crippen LogP contribution >= 0.6 is 15.9 Å². The Labute approximate surface area is 78.3 Å². The summed E-state index contributed by atoms with van der Waals surface area (Å²) in [6.07, 6.45) is 0. The van der Waals surface area contributed by atoms with Gasteiger partial charge in [-0.15, -0.1) is 0 Å². The number of hydrogen-bond acceptors (Lipinski definition) is 2. The van der Waals surface area contributed by atoms with Crippen molar-refractivity contribution in [1.29, 1.82) is 0 Å². The van der Waals surface area contributed by atoms with E-state index < -0.39 is 0 Å². The molecule has 0 unspecified atom stereocenters. The average molecular weight is 226 g/mol. The molecule has 4 heteroatoms. The molecule has 12 heavy (non-hydrogen) atoms. The van der Waals surface area contributed by atoms with Gasteiger partial charge in [0.2, 0.25) is 0 Å². The third-order valence-corrected chi connectivity index (χ3v) is 2.73. The predicted molar refractivity (Wildman–Crippen MR) is 52.8 cm³/mol. The molecule has 0 saturated heterocycles. The zero-order valence-electron chi connectivity index (χ0n) is 6.58. The lowest BCUT2D eigenvalue weighted by molar-refractivity contribution is 0.761. The summed E-state index contributed by atoms with van der Waals surface area (Å²) in [6, 6.07) is 5.67. The van der Waals surface area contributed by atoms with Crippen molar-refractivity contribution in [2.45, 2.75) is 0 Å². The van der Waals surface area contributed by atoms with E-state index in [1.807, 2.05) is 25.2 Å². The minimum Gasteiger partial charge on any atom is -0.399 e. The van der Waals surface area contributed by atoms with Gasteiger partial charge in [-0.2, -0.15) is 5.10 Å². The number of nitrogens with two attached hydrogens (primary N) is 1. The first-order valence-electron chi connectivity index (χ1n) is 3.56.